The van der Waals surface area contributed by atoms with Gasteiger partial charge in [-0.2, -0.15) is 0 Å². The monoisotopic (exact) mass is 387 g/mol. The van der Waals surface area contributed by atoms with E-state index in [1.165, 1.54) is 4.90 Å². The number of nitrogens with zero attached hydrogens (tertiary/aromatic N) is 2. The van der Waals surface area contributed by atoms with E-state index in [0.717, 1.165) is 10.3 Å². The smallest absolute Gasteiger partial charge is 0.410 e. The number of rotatable bonds is 7. The van der Waals surface area contributed by atoms with E-state index in [1.807, 2.05) is 39.0 Å². The third-order valence-corrected chi connectivity index (χ3v) is 3.22. The summed E-state index contributed by atoms with van der Waals surface area (Å²) in [5, 5.41) is 12.8. The molecule has 1 aromatic heterocycles. The second-order valence-electron chi connectivity index (χ2n) is 6.40. The maximum atomic E-state index is 12.1. The molecule has 2 N–H and O–H groups in total. The number of aliphatic hydroxyl groups excluding tert-OH is 1. The van der Waals surface area contributed by atoms with Crippen LogP contribution in [-0.4, -0.2) is 52.4 Å². The molecule has 1 rings (SSSR count). The Labute approximate surface area is 146 Å². The lowest BCUT2D eigenvalue weighted by molar-refractivity contribution is 0.0164. The summed E-state index contributed by atoms with van der Waals surface area (Å²) in [6.45, 7) is 9.00. The van der Waals surface area contributed by atoms with Crippen LogP contribution in [0.1, 0.15) is 33.4 Å². The van der Waals surface area contributed by atoms with Crippen LogP contribution in [0.2, 0.25) is 0 Å². The maximum Gasteiger partial charge on any atom is 0.410 e. The summed E-state index contributed by atoms with van der Waals surface area (Å²) in [7, 11) is 0. The number of amides is 1. The molecule has 1 unspecified atom stereocenters. The minimum atomic E-state index is -0.603. The van der Waals surface area contributed by atoms with Crippen LogP contribution in [0.5, 0.6) is 0 Å². The van der Waals surface area contributed by atoms with E-state index in [1.54, 1.807) is 6.92 Å². The first kappa shape index (κ1) is 19.9. The molecule has 6 nitrogen and oxygen atoms in total. The molecule has 23 heavy (non-hydrogen) atoms. The zero-order valence-electron chi connectivity index (χ0n) is 14.2. The van der Waals surface area contributed by atoms with Crippen LogP contribution in [0.15, 0.2) is 22.8 Å². The number of pyridine rings is 1. The van der Waals surface area contributed by atoms with Crippen molar-refractivity contribution < 1.29 is 14.6 Å². The zero-order valence-corrected chi connectivity index (χ0v) is 15.8. The van der Waals surface area contributed by atoms with E-state index in [9.17, 15) is 9.90 Å². The molecule has 0 radical (unpaired) electrons. The molecule has 0 saturated heterocycles. The Kier molecular flexibility index (Phi) is 7.94. The Balaban J connectivity index is 2.46. The third kappa shape index (κ3) is 8.88. The Morgan fingerprint density at radius 1 is 1.48 bits per heavy atom. The molecule has 0 aliphatic rings. The fourth-order valence-corrected chi connectivity index (χ4v) is 2.26. The van der Waals surface area contributed by atoms with E-state index in [2.05, 4.69) is 26.2 Å². The van der Waals surface area contributed by atoms with Gasteiger partial charge in [-0.1, -0.05) is 6.07 Å². The Hall–Kier alpha value is -1.18. The van der Waals surface area contributed by atoms with Gasteiger partial charge in [0.15, 0.2) is 0 Å². The minimum Gasteiger partial charge on any atom is -0.444 e. The van der Waals surface area contributed by atoms with Gasteiger partial charge in [-0.25, -0.2) is 9.78 Å². The first-order chi connectivity index (χ1) is 10.7. The van der Waals surface area contributed by atoms with Gasteiger partial charge in [-0.05, 0) is 55.8 Å². The molecular weight excluding hydrogens is 362 g/mol. The molecule has 7 heteroatoms. The van der Waals surface area contributed by atoms with Crippen LogP contribution in [0.3, 0.4) is 0 Å². The fraction of sp³-hybridized carbons (Fsp3) is 0.625. The number of nitrogens with one attached hydrogen (secondary N) is 1. The number of carbonyl (C=O) groups excluding carboxylic acids is 1. The first-order valence-corrected chi connectivity index (χ1v) is 8.45. The predicted octanol–water partition coefficient (Wildman–Crippen LogP) is 2.55. The van der Waals surface area contributed by atoms with Crippen molar-refractivity contribution in [3.8, 4) is 0 Å². The third-order valence-electron chi connectivity index (χ3n) is 2.77. The molecule has 0 aromatic carbocycles. The highest BCUT2D eigenvalue weighted by molar-refractivity contribution is 9.10. The van der Waals surface area contributed by atoms with E-state index in [4.69, 9.17) is 4.74 Å². The van der Waals surface area contributed by atoms with Crippen molar-refractivity contribution in [3.05, 3.63) is 28.5 Å². The number of aromatic nitrogens is 1. The predicted molar refractivity (Wildman–Crippen MR) is 93.1 cm³/mol. The van der Waals surface area contributed by atoms with Crippen LogP contribution >= 0.6 is 15.9 Å². The number of aliphatic hydroxyl groups is 1. The van der Waals surface area contributed by atoms with Gasteiger partial charge in [-0.3, -0.25) is 0 Å². The standard InChI is InChI=1S/C16H26BrN3O3/c1-12(21)11-20(15(22)23-16(2,3)4)9-8-18-10-13-6-5-7-14(17)19-13/h5-7,12,18,21H,8-11H2,1-4H3. The molecule has 1 heterocycles. The summed E-state index contributed by atoms with van der Waals surface area (Å²) in [5.41, 5.74) is 0.362. The lowest BCUT2D eigenvalue weighted by Gasteiger charge is -2.28. The minimum absolute atomic E-state index is 0.242. The van der Waals surface area contributed by atoms with Gasteiger partial charge in [-0.15, -0.1) is 0 Å². The van der Waals surface area contributed by atoms with Gasteiger partial charge in [0.05, 0.1) is 11.8 Å². The lowest BCUT2D eigenvalue weighted by atomic mass is 10.2. The molecule has 1 amide bonds. The number of hydrogen-bond acceptors (Lipinski definition) is 5. The summed E-state index contributed by atoms with van der Waals surface area (Å²) in [5.74, 6) is 0. The molecule has 0 saturated carbocycles. The van der Waals surface area contributed by atoms with Gasteiger partial charge in [0.25, 0.3) is 0 Å². The molecule has 1 aromatic rings. The largest absolute Gasteiger partial charge is 0.444 e. The topological polar surface area (TPSA) is 74.7 Å². The van der Waals surface area contributed by atoms with Crippen molar-refractivity contribution in [2.24, 2.45) is 0 Å². The summed E-state index contributed by atoms with van der Waals surface area (Å²) < 4.78 is 6.15. The fourth-order valence-electron chi connectivity index (χ4n) is 1.88. The average molecular weight is 388 g/mol. The van der Waals surface area contributed by atoms with Crippen LogP contribution in [0.4, 0.5) is 4.79 Å². The highest BCUT2D eigenvalue weighted by atomic mass is 79.9. The zero-order chi connectivity index (χ0) is 17.5. The molecule has 0 aliphatic heterocycles. The second kappa shape index (κ2) is 9.20. The number of hydrogen-bond donors (Lipinski definition) is 2. The van der Waals surface area contributed by atoms with E-state index >= 15 is 0 Å². The Bertz CT molecular complexity index is 504. The van der Waals surface area contributed by atoms with Crippen LogP contribution in [0, 0.1) is 0 Å². The van der Waals surface area contributed by atoms with Gasteiger partial charge >= 0.3 is 6.09 Å². The normalized spacial score (nSPS) is 12.8. The van der Waals surface area contributed by atoms with Crippen molar-refractivity contribution in [1.82, 2.24) is 15.2 Å². The highest BCUT2D eigenvalue weighted by Crippen LogP contribution is 2.10. The molecule has 0 spiro atoms. The molecule has 0 aliphatic carbocycles. The highest BCUT2D eigenvalue weighted by Gasteiger charge is 2.22. The summed E-state index contributed by atoms with van der Waals surface area (Å²) in [4.78, 5) is 18.0. The first-order valence-electron chi connectivity index (χ1n) is 7.65. The van der Waals surface area contributed by atoms with E-state index < -0.39 is 17.8 Å². The van der Waals surface area contributed by atoms with Gasteiger partial charge in [0.2, 0.25) is 0 Å². The summed E-state index contributed by atoms with van der Waals surface area (Å²) >= 11 is 3.33. The Morgan fingerprint density at radius 2 is 2.17 bits per heavy atom. The summed E-state index contributed by atoms with van der Waals surface area (Å²) in [6.07, 6.45) is -1.02. The maximum absolute atomic E-state index is 12.1. The lowest BCUT2D eigenvalue weighted by Crippen LogP contribution is -2.43. The average Bonchev–Trinajstić information content (AvgIpc) is 2.40. The van der Waals surface area contributed by atoms with Crippen molar-refractivity contribution in [2.45, 2.75) is 45.9 Å². The second-order valence-corrected chi connectivity index (χ2v) is 7.22. The van der Waals surface area contributed by atoms with Crippen molar-refractivity contribution in [3.63, 3.8) is 0 Å². The summed E-state index contributed by atoms with van der Waals surface area (Å²) in [6, 6.07) is 5.73. The number of halogens is 1. The molecule has 130 valence electrons. The van der Waals surface area contributed by atoms with Crippen LogP contribution in [-0.2, 0) is 11.3 Å². The number of carbonyl (C=O) groups is 1. The van der Waals surface area contributed by atoms with Crippen molar-refractivity contribution in [2.75, 3.05) is 19.6 Å². The molecular formula is C16H26BrN3O3. The van der Waals surface area contributed by atoms with E-state index in [-0.39, 0.29) is 6.54 Å². The molecule has 0 fully saturated rings. The van der Waals surface area contributed by atoms with Crippen molar-refractivity contribution in [1.29, 1.82) is 0 Å². The molecule has 0 bridgehead atoms. The number of ether oxygens (including phenoxy) is 1. The van der Waals surface area contributed by atoms with Gasteiger partial charge in [0.1, 0.15) is 10.2 Å². The quantitative estimate of drug-likeness (QED) is 0.555. The Morgan fingerprint density at radius 3 is 2.74 bits per heavy atom. The SMILES string of the molecule is CC(O)CN(CCNCc1cccc(Br)n1)C(=O)OC(C)(C)C. The van der Waals surface area contributed by atoms with Gasteiger partial charge < -0.3 is 20.1 Å². The van der Waals surface area contributed by atoms with Crippen LogP contribution in [0.25, 0.3) is 0 Å². The van der Waals surface area contributed by atoms with E-state index in [0.29, 0.717) is 19.6 Å². The van der Waals surface area contributed by atoms with Crippen LogP contribution < -0.4 is 5.32 Å². The molecule has 1 atom stereocenters. The van der Waals surface area contributed by atoms with Crippen molar-refractivity contribution >= 4 is 22.0 Å². The van der Waals surface area contributed by atoms with Gasteiger partial charge in [0, 0.05) is 26.2 Å².